The standard InChI is InChI=1S/C27H28F3N3O/c1-32(2)17-19-11-13-20(14-12-19)26(34)33-15-5-7-22(18-33)25-10-4-9-24(31-25)21-6-3-8-23(16-21)27(28,29)30/h3-4,6,8-14,16,22H,5,7,15,17-18H2,1-2H3/t22-/m0/s1. The summed E-state index contributed by atoms with van der Waals surface area (Å²) in [4.78, 5) is 21.7. The molecule has 4 rings (SSSR count). The lowest BCUT2D eigenvalue weighted by Crippen LogP contribution is -2.39. The molecule has 178 valence electrons. The highest BCUT2D eigenvalue weighted by molar-refractivity contribution is 5.94. The zero-order valence-electron chi connectivity index (χ0n) is 19.3. The number of carbonyl (C=O) groups excluding carboxylic acids is 1. The van der Waals surface area contributed by atoms with Crippen molar-refractivity contribution in [3.05, 3.63) is 89.1 Å². The number of halogens is 3. The number of aromatic nitrogens is 1. The quantitative estimate of drug-likeness (QED) is 0.472. The molecule has 1 saturated heterocycles. The maximum atomic E-state index is 13.1. The zero-order valence-corrected chi connectivity index (χ0v) is 19.3. The maximum Gasteiger partial charge on any atom is 0.416 e. The number of rotatable bonds is 5. The van der Waals surface area contributed by atoms with Gasteiger partial charge in [0.25, 0.3) is 5.91 Å². The van der Waals surface area contributed by atoms with E-state index in [9.17, 15) is 18.0 Å². The van der Waals surface area contributed by atoms with Gasteiger partial charge < -0.3 is 9.80 Å². The molecule has 0 N–H and O–H groups in total. The van der Waals surface area contributed by atoms with E-state index in [1.165, 1.54) is 6.07 Å². The van der Waals surface area contributed by atoms with Gasteiger partial charge in [0, 0.05) is 42.4 Å². The number of hydrogen-bond acceptors (Lipinski definition) is 3. The average molecular weight is 468 g/mol. The number of amides is 1. The van der Waals surface area contributed by atoms with Gasteiger partial charge in [-0.05, 0) is 68.9 Å². The Hall–Kier alpha value is -3.19. The molecular weight excluding hydrogens is 439 g/mol. The second-order valence-electron chi connectivity index (χ2n) is 9.05. The van der Waals surface area contributed by atoms with Crippen molar-refractivity contribution in [2.45, 2.75) is 31.5 Å². The van der Waals surface area contributed by atoms with Crippen molar-refractivity contribution in [2.75, 3.05) is 27.2 Å². The molecule has 1 aliphatic heterocycles. The predicted octanol–water partition coefficient (Wildman–Crippen LogP) is 5.85. The molecule has 0 bridgehead atoms. The van der Waals surface area contributed by atoms with Crippen molar-refractivity contribution in [1.29, 1.82) is 0 Å². The fourth-order valence-corrected chi connectivity index (χ4v) is 4.40. The van der Waals surface area contributed by atoms with E-state index in [1.54, 1.807) is 12.1 Å². The number of carbonyl (C=O) groups is 1. The molecule has 0 radical (unpaired) electrons. The highest BCUT2D eigenvalue weighted by Crippen LogP contribution is 2.33. The minimum Gasteiger partial charge on any atom is -0.338 e. The minimum absolute atomic E-state index is 0.00450. The zero-order chi connectivity index (χ0) is 24.3. The highest BCUT2D eigenvalue weighted by atomic mass is 19.4. The van der Waals surface area contributed by atoms with Crippen LogP contribution in [0.15, 0.2) is 66.7 Å². The van der Waals surface area contributed by atoms with Crippen LogP contribution in [0.5, 0.6) is 0 Å². The number of likely N-dealkylation sites (tertiary alicyclic amines) is 1. The van der Waals surface area contributed by atoms with Crippen molar-refractivity contribution in [3.63, 3.8) is 0 Å². The Balaban J connectivity index is 1.50. The van der Waals surface area contributed by atoms with Crippen LogP contribution < -0.4 is 0 Å². The van der Waals surface area contributed by atoms with Crippen LogP contribution in [0.4, 0.5) is 13.2 Å². The summed E-state index contributed by atoms with van der Waals surface area (Å²) in [6.45, 7) is 2.04. The monoisotopic (exact) mass is 467 g/mol. The maximum absolute atomic E-state index is 13.1. The van der Waals surface area contributed by atoms with Gasteiger partial charge in [-0.25, -0.2) is 0 Å². The van der Waals surface area contributed by atoms with E-state index in [-0.39, 0.29) is 11.8 Å². The molecular formula is C27H28F3N3O. The smallest absolute Gasteiger partial charge is 0.338 e. The summed E-state index contributed by atoms with van der Waals surface area (Å²) in [6, 6.07) is 18.4. The summed E-state index contributed by atoms with van der Waals surface area (Å²) in [5.41, 5.74) is 2.85. The van der Waals surface area contributed by atoms with Crippen molar-refractivity contribution in [3.8, 4) is 11.3 Å². The molecule has 3 aromatic rings. The Kier molecular flexibility index (Phi) is 7.03. The first kappa shape index (κ1) is 24.0. The average Bonchev–Trinajstić information content (AvgIpc) is 2.83. The van der Waals surface area contributed by atoms with E-state index >= 15 is 0 Å². The molecule has 0 spiro atoms. The van der Waals surface area contributed by atoms with Crippen molar-refractivity contribution >= 4 is 5.91 Å². The molecule has 1 aromatic heterocycles. The molecule has 2 heterocycles. The molecule has 0 saturated carbocycles. The van der Waals surface area contributed by atoms with E-state index in [0.717, 1.165) is 42.8 Å². The van der Waals surface area contributed by atoms with Crippen molar-refractivity contribution < 1.29 is 18.0 Å². The second-order valence-corrected chi connectivity index (χ2v) is 9.05. The molecule has 34 heavy (non-hydrogen) atoms. The molecule has 1 fully saturated rings. The lowest BCUT2D eigenvalue weighted by Gasteiger charge is -2.32. The Labute approximate surface area is 198 Å². The predicted molar refractivity (Wildman–Crippen MR) is 126 cm³/mol. The largest absolute Gasteiger partial charge is 0.416 e. The van der Waals surface area contributed by atoms with Gasteiger partial charge in [-0.2, -0.15) is 13.2 Å². The topological polar surface area (TPSA) is 36.4 Å². The second kappa shape index (κ2) is 9.97. The van der Waals surface area contributed by atoms with Gasteiger partial charge >= 0.3 is 6.18 Å². The van der Waals surface area contributed by atoms with Crippen LogP contribution in [0.25, 0.3) is 11.3 Å². The first-order valence-electron chi connectivity index (χ1n) is 11.4. The summed E-state index contributed by atoms with van der Waals surface area (Å²) in [5.74, 6) is 0.0339. The van der Waals surface area contributed by atoms with Crippen molar-refractivity contribution in [2.24, 2.45) is 0 Å². The van der Waals surface area contributed by atoms with Crippen LogP contribution in [0.1, 0.15) is 45.9 Å². The Bertz CT molecular complexity index is 1140. The molecule has 7 heteroatoms. The molecule has 2 aromatic carbocycles. The lowest BCUT2D eigenvalue weighted by atomic mass is 9.93. The van der Waals surface area contributed by atoms with Crippen LogP contribution in [0, 0.1) is 0 Å². The van der Waals surface area contributed by atoms with Crippen LogP contribution in [0.3, 0.4) is 0 Å². The number of pyridine rings is 1. The van der Waals surface area contributed by atoms with Gasteiger partial charge in [0.05, 0.1) is 11.3 Å². The first-order chi connectivity index (χ1) is 16.2. The third-order valence-corrected chi connectivity index (χ3v) is 6.08. The van der Waals surface area contributed by atoms with Gasteiger partial charge in [-0.3, -0.25) is 9.78 Å². The number of nitrogens with zero attached hydrogens (tertiary/aromatic N) is 3. The van der Waals surface area contributed by atoms with Gasteiger partial charge in [0.1, 0.15) is 0 Å². The fraction of sp³-hybridized carbons (Fsp3) is 0.333. The van der Waals surface area contributed by atoms with Crippen LogP contribution in [-0.2, 0) is 12.7 Å². The van der Waals surface area contributed by atoms with Gasteiger partial charge in [0.15, 0.2) is 0 Å². The Morgan fingerprint density at radius 3 is 2.50 bits per heavy atom. The van der Waals surface area contributed by atoms with E-state index in [1.807, 2.05) is 55.4 Å². The van der Waals surface area contributed by atoms with Crippen molar-refractivity contribution in [1.82, 2.24) is 14.8 Å². The first-order valence-corrected chi connectivity index (χ1v) is 11.4. The molecule has 4 nitrogen and oxygen atoms in total. The van der Waals surface area contributed by atoms with E-state index in [4.69, 9.17) is 0 Å². The minimum atomic E-state index is -4.40. The number of piperidine rings is 1. The highest BCUT2D eigenvalue weighted by Gasteiger charge is 2.31. The molecule has 1 amide bonds. The third-order valence-electron chi connectivity index (χ3n) is 6.08. The number of hydrogen-bond donors (Lipinski definition) is 0. The van der Waals surface area contributed by atoms with Crippen LogP contribution in [-0.4, -0.2) is 47.9 Å². The summed E-state index contributed by atoms with van der Waals surface area (Å²) in [6.07, 6.45) is -2.67. The summed E-state index contributed by atoms with van der Waals surface area (Å²) in [7, 11) is 4.01. The SMILES string of the molecule is CN(C)Cc1ccc(C(=O)N2CCC[C@H](c3cccc(-c4cccc(C(F)(F)F)c4)n3)C2)cc1. The van der Waals surface area contributed by atoms with Gasteiger partial charge in [-0.15, -0.1) is 0 Å². The van der Waals surface area contributed by atoms with Crippen LogP contribution in [0.2, 0.25) is 0 Å². The fourth-order valence-electron chi connectivity index (χ4n) is 4.40. The summed E-state index contributed by atoms with van der Waals surface area (Å²) in [5, 5.41) is 0. The van der Waals surface area contributed by atoms with E-state index in [2.05, 4.69) is 9.88 Å². The summed E-state index contributed by atoms with van der Waals surface area (Å²) >= 11 is 0. The molecule has 1 aliphatic rings. The van der Waals surface area contributed by atoms with Gasteiger partial charge in [-0.1, -0.05) is 30.3 Å². The Morgan fingerprint density at radius 2 is 1.79 bits per heavy atom. The molecule has 0 unspecified atom stereocenters. The normalized spacial score (nSPS) is 16.6. The molecule has 0 aliphatic carbocycles. The number of alkyl halides is 3. The van der Waals surface area contributed by atoms with Gasteiger partial charge in [0.2, 0.25) is 0 Å². The Morgan fingerprint density at radius 1 is 1.06 bits per heavy atom. The lowest BCUT2D eigenvalue weighted by molar-refractivity contribution is -0.137. The summed E-state index contributed by atoms with van der Waals surface area (Å²) < 4.78 is 39.4. The third kappa shape index (κ3) is 5.65. The number of benzene rings is 2. The van der Waals surface area contributed by atoms with E-state index in [0.29, 0.717) is 29.9 Å². The molecule has 1 atom stereocenters. The van der Waals surface area contributed by atoms with E-state index < -0.39 is 11.7 Å². The van der Waals surface area contributed by atoms with Crippen LogP contribution >= 0.6 is 0 Å².